The first kappa shape index (κ1) is 8.26. The van der Waals surface area contributed by atoms with Gasteiger partial charge < -0.3 is 10.8 Å². The second kappa shape index (κ2) is 2.57. The van der Waals surface area contributed by atoms with Crippen molar-refractivity contribution in [1.82, 2.24) is 0 Å². The second-order valence-corrected chi connectivity index (χ2v) is 3.31. The van der Waals surface area contributed by atoms with Crippen molar-refractivity contribution >= 4 is 5.91 Å². The minimum absolute atomic E-state index is 0.290. The first-order valence-electron chi connectivity index (χ1n) is 4.08. The molecule has 0 spiro atoms. The molecular weight excluding hydrogens is 166 g/mol. The van der Waals surface area contributed by atoms with Crippen LogP contribution in [-0.4, -0.2) is 16.6 Å². The van der Waals surface area contributed by atoms with Crippen LogP contribution in [0.3, 0.4) is 0 Å². The number of carbonyl (C=O) groups excluding carboxylic acids is 1. The lowest BCUT2D eigenvalue weighted by molar-refractivity contribution is -0.132. The molecule has 2 rings (SSSR count). The monoisotopic (exact) mass is 176 g/mol. The van der Waals surface area contributed by atoms with Crippen LogP contribution in [0.2, 0.25) is 0 Å². The topological polar surface area (TPSA) is 63.3 Å². The minimum atomic E-state index is -1.48. The first-order chi connectivity index (χ1) is 6.12. The molecule has 0 fully saturated rings. The van der Waals surface area contributed by atoms with Gasteiger partial charge in [0.05, 0.1) is 0 Å². The van der Waals surface area contributed by atoms with E-state index in [9.17, 15) is 9.90 Å². The molecule has 1 aromatic rings. The van der Waals surface area contributed by atoms with Gasteiger partial charge in [0.25, 0.3) is 0 Å². The van der Waals surface area contributed by atoms with Crippen molar-refractivity contribution in [1.29, 1.82) is 0 Å². The third kappa shape index (κ3) is 1.21. The molecule has 0 saturated carbocycles. The van der Waals surface area contributed by atoms with E-state index in [4.69, 9.17) is 5.73 Å². The maximum atomic E-state index is 10.9. The van der Waals surface area contributed by atoms with Gasteiger partial charge in [-0.1, -0.05) is 24.3 Å². The van der Waals surface area contributed by atoms with Gasteiger partial charge >= 0.3 is 0 Å². The van der Waals surface area contributed by atoms with Crippen LogP contribution in [0.25, 0.3) is 0 Å². The average molecular weight is 176 g/mol. The SMILES string of the molecule is NC(=O)[C@]1(O)[CH]c2ccccc2C1. The number of carbonyl (C=O) groups is 1. The molecule has 1 radical (unpaired) electrons. The molecule has 0 aromatic heterocycles. The molecule has 0 aliphatic heterocycles. The van der Waals surface area contributed by atoms with Crippen molar-refractivity contribution in [3.05, 3.63) is 41.8 Å². The van der Waals surface area contributed by atoms with Crippen molar-refractivity contribution < 1.29 is 9.90 Å². The Morgan fingerprint density at radius 1 is 1.46 bits per heavy atom. The lowest BCUT2D eigenvalue weighted by Gasteiger charge is -2.16. The number of fused-ring (bicyclic) bond motifs is 1. The first-order valence-corrected chi connectivity index (χ1v) is 4.08. The van der Waals surface area contributed by atoms with E-state index in [-0.39, 0.29) is 0 Å². The van der Waals surface area contributed by atoms with Gasteiger partial charge in [-0.3, -0.25) is 4.79 Å². The van der Waals surface area contributed by atoms with E-state index in [1.807, 2.05) is 24.3 Å². The van der Waals surface area contributed by atoms with Crippen LogP contribution in [0, 0.1) is 6.42 Å². The van der Waals surface area contributed by atoms with Gasteiger partial charge in [-0.25, -0.2) is 0 Å². The minimum Gasteiger partial charge on any atom is -0.379 e. The number of nitrogens with two attached hydrogens (primary N) is 1. The molecule has 1 aliphatic rings. The Hall–Kier alpha value is -1.35. The fourth-order valence-electron chi connectivity index (χ4n) is 1.59. The van der Waals surface area contributed by atoms with E-state index >= 15 is 0 Å². The van der Waals surface area contributed by atoms with Gasteiger partial charge in [0, 0.05) is 12.8 Å². The molecule has 3 nitrogen and oxygen atoms in total. The summed E-state index contributed by atoms with van der Waals surface area (Å²) in [6.07, 6.45) is 1.81. The highest BCUT2D eigenvalue weighted by Crippen LogP contribution is 2.31. The number of hydrogen-bond donors (Lipinski definition) is 2. The largest absolute Gasteiger partial charge is 0.379 e. The quantitative estimate of drug-likeness (QED) is 0.633. The molecule has 0 unspecified atom stereocenters. The third-order valence-electron chi connectivity index (χ3n) is 2.34. The predicted molar refractivity (Wildman–Crippen MR) is 47.7 cm³/mol. The molecule has 0 saturated heterocycles. The van der Waals surface area contributed by atoms with E-state index in [1.165, 1.54) is 6.42 Å². The fourth-order valence-corrected chi connectivity index (χ4v) is 1.59. The van der Waals surface area contributed by atoms with Crippen molar-refractivity contribution in [3.63, 3.8) is 0 Å². The van der Waals surface area contributed by atoms with Gasteiger partial charge in [0.1, 0.15) is 0 Å². The lowest BCUT2D eigenvalue weighted by Crippen LogP contribution is -2.43. The molecule has 1 aromatic carbocycles. The molecule has 1 atom stereocenters. The molecule has 1 aliphatic carbocycles. The number of primary amides is 1. The standard InChI is InChI=1S/C10H10NO2/c11-9(12)10(13)5-7-3-1-2-4-8(7)6-10/h1-5,13H,6H2,(H2,11,12)/t10-/m0/s1. The zero-order valence-corrected chi connectivity index (χ0v) is 7.03. The van der Waals surface area contributed by atoms with Crippen LogP contribution in [0.4, 0.5) is 0 Å². The van der Waals surface area contributed by atoms with Crippen LogP contribution >= 0.6 is 0 Å². The Balaban J connectivity index is 2.37. The van der Waals surface area contributed by atoms with Gasteiger partial charge in [0.2, 0.25) is 5.91 Å². The number of amides is 1. The Kier molecular flexibility index (Phi) is 1.63. The number of hydrogen-bond acceptors (Lipinski definition) is 2. The molecule has 0 heterocycles. The molecular formula is C10H10NO2. The van der Waals surface area contributed by atoms with Crippen LogP contribution in [-0.2, 0) is 11.2 Å². The summed E-state index contributed by atoms with van der Waals surface area (Å²) in [6.45, 7) is 0. The Morgan fingerprint density at radius 3 is 2.77 bits per heavy atom. The smallest absolute Gasteiger partial charge is 0.250 e. The van der Waals surface area contributed by atoms with E-state index in [2.05, 4.69) is 0 Å². The Bertz CT molecular complexity index is 335. The summed E-state index contributed by atoms with van der Waals surface area (Å²) in [7, 11) is 0. The summed E-state index contributed by atoms with van der Waals surface area (Å²) in [5, 5.41) is 9.76. The molecule has 67 valence electrons. The van der Waals surface area contributed by atoms with Crippen molar-refractivity contribution in [2.75, 3.05) is 0 Å². The summed E-state index contributed by atoms with van der Waals surface area (Å²) < 4.78 is 0. The summed E-state index contributed by atoms with van der Waals surface area (Å²) >= 11 is 0. The molecule has 0 bridgehead atoms. The van der Waals surface area contributed by atoms with Gasteiger partial charge in [-0.2, -0.15) is 0 Å². The van der Waals surface area contributed by atoms with Crippen LogP contribution < -0.4 is 5.73 Å². The third-order valence-corrected chi connectivity index (χ3v) is 2.34. The van der Waals surface area contributed by atoms with E-state index in [0.29, 0.717) is 6.42 Å². The molecule has 3 N–H and O–H groups in total. The summed E-state index contributed by atoms with van der Waals surface area (Å²) in [5.74, 6) is -0.691. The lowest BCUT2D eigenvalue weighted by atomic mass is 10.0. The fraction of sp³-hybridized carbons (Fsp3) is 0.200. The van der Waals surface area contributed by atoms with Crippen LogP contribution in [0.15, 0.2) is 24.3 Å². The highest BCUT2D eigenvalue weighted by Gasteiger charge is 2.40. The van der Waals surface area contributed by atoms with Gasteiger partial charge in [-0.15, -0.1) is 0 Å². The highest BCUT2D eigenvalue weighted by atomic mass is 16.3. The van der Waals surface area contributed by atoms with E-state index in [0.717, 1.165) is 11.1 Å². The van der Waals surface area contributed by atoms with Crippen molar-refractivity contribution in [2.45, 2.75) is 12.0 Å². The predicted octanol–water partition coefficient (Wildman–Crippen LogP) is 0.0115. The average Bonchev–Trinajstić information content (AvgIpc) is 2.42. The maximum absolute atomic E-state index is 10.9. The van der Waals surface area contributed by atoms with Crippen LogP contribution in [0.5, 0.6) is 0 Å². The summed E-state index contributed by atoms with van der Waals surface area (Å²) in [6, 6.07) is 7.48. The normalized spacial score (nSPS) is 18.2. The van der Waals surface area contributed by atoms with Crippen LogP contribution in [0.1, 0.15) is 11.1 Å². The zero-order chi connectivity index (χ0) is 9.47. The highest BCUT2D eigenvalue weighted by molar-refractivity contribution is 5.87. The Labute approximate surface area is 76.2 Å². The van der Waals surface area contributed by atoms with E-state index < -0.39 is 11.5 Å². The number of aliphatic hydroxyl groups is 1. The maximum Gasteiger partial charge on any atom is 0.250 e. The second-order valence-electron chi connectivity index (χ2n) is 3.31. The number of rotatable bonds is 1. The summed E-state index contributed by atoms with van der Waals surface area (Å²) in [5.41, 5.74) is 5.46. The van der Waals surface area contributed by atoms with E-state index in [1.54, 1.807) is 0 Å². The number of benzene rings is 1. The molecule has 3 heteroatoms. The van der Waals surface area contributed by atoms with Crippen molar-refractivity contribution in [2.24, 2.45) is 5.73 Å². The zero-order valence-electron chi connectivity index (χ0n) is 7.03. The van der Waals surface area contributed by atoms with Gasteiger partial charge in [-0.05, 0) is 11.1 Å². The molecule has 13 heavy (non-hydrogen) atoms. The van der Waals surface area contributed by atoms with Crippen molar-refractivity contribution in [3.8, 4) is 0 Å². The molecule has 1 amide bonds. The Morgan fingerprint density at radius 2 is 2.15 bits per heavy atom. The van der Waals surface area contributed by atoms with Gasteiger partial charge in [0.15, 0.2) is 5.60 Å². The summed E-state index contributed by atoms with van der Waals surface area (Å²) in [4.78, 5) is 10.9.